The Labute approximate surface area is 72.9 Å². The molecule has 0 bridgehead atoms. The van der Waals surface area contributed by atoms with Crippen LogP contribution in [0.3, 0.4) is 0 Å². The molecule has 0 amide bonds. The molecule has 2 rings (SSSR count). The van der Waals surface area contributed by atoms with Crippen LogP contribution >= 0.6 is 0 Å². The summed E-state index contributed by atoms with van der Waals surface area (Å²) in [6, 6.07) is 6.52. The molecule has 0 fully saturated rings. The van der Waals surface area contributed by atoms with Crippen LogP contribution in [0.2, 0.25) is 0 Å². The highest BCUT2D eigenvalue weighted by molar-refractivity contribution is 5.72. The third kappa shape index (κ3) is 1.39. The van der Waals surface area contributed by atoms with Gasteiger partial charge < -0.3 is 0 Å². The first-order valence-electron chi connectivity index (χ1n) is 3.67. The number of halogens is 3. The summed E-state index contributed by atoms with van der Waals surface area (Å²) in [6.07, 6.45) is -3.30. The number of para-hydroxylation sites is 1. The van der Waals surface area contributed by atoms with Gasteiger partial charge in [-0.2, -0.15) is 13.2 Å². The van der Waals surface area contributed by atoms with Crippen LogP contribution in [-0.2, 0) is 0 Å². The molecule has 0 atom stereocenters. The molecule has 1 aromatic carbocycles. The van der Waals surface area contributed by atoms with Crippen molar-refractivity contribution in [1.82, 2.24) is 5.32 Å². The third-order valence-electron chi connectivity index (χ3n) is 1.76. The van der Waals surface area contributed by atoms with Crippen LogP contribution in [-0.4, -0.2) is 6.18 Å². The highest BCUT2D eigenvalue weighted by atomic mass is 19.4. The van der Waals surface area contributed by atoms with Crippen LogP contribution in [0.1, 0.15) is 5.56 Å². The maximum absolute atomic E-state index is 12.2. The molecule has 1 nitrogen and oxygen atoms in total. The molecule has 0 saturated carbocycles. The van der Waals surface area contributed by atoms with E-state index in [0.29, 0.717) is 11.3 Å². The van der Waals surface area contributed by atoms with Crippen molar-refractivity contribution in [3.63, 3.8) is 0 Å². The zero-order chi connectivity index (χ0) is 9.47. The van der Waals surface area contributed by atoms with Crippen LogP contribution < -0.4 is 5.32 Å². The normalized spacial score (nSPS) is 14.8. The largest absolute Gasteiger partial charge is 0.433 e. The van der Waals surface area contributed by atoms with Crippen LogP contribution in [0.5, 0.6) is 0 Å². The number of nitrogens with zero attached hydrogens (tertiary/aromatic N) is 1. The van der Waals surface area contributed by atoms with E-state index in [2.05, 4.69) is 5.32 Å². The quantitative estimate of drug-likeness (QED) is 0.588. The van der Waals surface area contributed by atoms with Gasteiger partial charge >= 0.3 is 6.18 Å². The number of rotatable bonds is 0. The molecule has 0 spiro atoms. The lowest BCUT2D eigenvalue weighted by Crippen LogP contribution is -2.15. The summed E-state index contributed by atoms with van der Waals surface area (Å²) in [7, 11) is 0. The summed E-state index contributed by atoms with van der Waals surface area (Å²) < 4.78 is 36.5. The van der Waals surface area contributed by atoms with Crippen molar-refractivity contribution in [2.24, 2.45) is 0 Å². The zero-order valence-corrected chi connectivity index (χ0v) is 6.47. The molecule has 1 aliphatic heterocycles. The Morgan fingerprint density at radius 2 is 1.77 bits per heavy atom. The van der Waals surface area contributed by atoms with Crippen LogP contribution in [0.25, 0.3) is 6.08 Å². The van der Waals surface area contributed by atoms with E-state index in [1.54, 1.807) is 24.3 Å². The van der Waals surface area contributed by atoms with E-state index in [1.165, 1.54) is 0 Å². The van der Waals surface area contributed by atoms with Gasteiger partial charge in [0.2, 0.25) is 0 Å². The van der Waals surface area contributed by atoms with Crippen molar-refractivity contribution in [1.29, 1.82) is 0 Å². The summed E-state index contributed by atoms with van der Waals surface area (Å²) in [5, 5.41) is 3.46. The maximum atomic E-state index is 12.2. The number of hydrogen-bond donors (Lipinski definition) is 0. The van der Waals surface area contributed by atoms with Gasteiger partial charge in [-0.3, -0.25) is 0 Å². The summed E-state index contributed by atoms with van der Waals surface area (Å²) in [6.45, 7) is 0. The summed E-state index contributed by atoms with van der Waals surface area (Å²) in [5.41, 5.74) is 0.0818. The lowest BCUT2D eigenvalue weighted by Gasteiger charge is -2.05. The second kappa shape index (κ2) is 2.52. The lowest BCUT2D eigenvalue weighted by atomic mass is 10.2. The third-order valence-corrected chi connectivity index (χ3v) is 1.76. The Bertz CT molecular complexity index is 365. The molecule has 0 aromatic heterocycles. The summed E-state index contributed by atoms with van der Waals surface area (Å²) in [5.74, 6) is 0. The average molecular weight is 184 g/mol. The zero-order valence-electron chi connectivity index (χ0n) is 6.47. The van der Waals surface area contributed by atoms with Crippen molar-refractivity contribution in [3.8, 4) is 0 Å². The molecule has 67 valence electrons. The van der Waals surface area contributed by atoms with E-state index >= 15 is 0 Å². The Hall–Kier alpha value is -1.45. The number of hydrogen-bond acceptors (Lipinski definition) is 0. The topological polar surface area (TPSA) is 14.1 Å². The molecule has 0 N–H and O–H groups in total. The van der Waals surface area contributed by atoms with Crippen LogP contribution in [0.15, 0.2) is 30.0 Å². The first-order chi connectivity index (χ1) is 6.07. The van der Waals surface area contributed by atoms with Crippen molar-refractivity contribution in [3.05, 3.63) is 35.5 Å². The highest BCUT2D eigenvalue weighted by Gasteiger charge is 2.37. The summed E-state index contributed by atoms with van der Waals surface area (Å²) in [4.78, 5) is 0. The van der Waals surface area contributed by atoms with E-state index in [9.17, 15) is 13.2 Å². The SMILES string of the molecule is FC(F)(F)C1=Cc2ccccc2[N]1. The molecule has 1 aromatic rings. The molecule has 0 unspecified atom stereocenters. The first kappa shape index (κ1) is 8.16. The number of benzene rings is 1. The van der Waals surface area contributed by atoms with Crippen molar-refractivity contribution < 1.29 is 13.2 Å². The van der Waals surface area contributed by atoms with Crippen molar-refractivity contribution in [2.45, 2.75) is 6.18 Å². The number of fused-ring (bicyclic) bond motifs is 1. The molecular formula is C9H5F3N. The predicted octanol–water partition coefficient (Wildman–Crippen LogP) is 2.84. The minimum absolute atomic E-state index is 0.384. The van der Waals surface area contributed by atoms with Crippen LogP contribution in [0, 0.1) is 0 Å². The van der Waals surface area contributed by atoms with Crippen LogP contribution in [0.4, 0.5) is 18.9 Å². The highest BCUT2D eigenvalue weighted by Crippen LogP contribution is 2.35. The fraction of sp³-hybridized carbons (Fsp3) is 0.111. The molecule has 4 heteroatoms. The van der Waals surface area contributed by atoms with E-state index in [0.717, 1.165) is 6.08 Å². The fourth-order valence-electron chi connectivity index (χ4n) is 1.17. The monoisotopic (exact) mass is 184 g/mol. The second-order valence-electron chi connectivity index (χ2n) is 2.70. The maximum Gasteiger partial charge on any atom is 0.433 e. The van der Waals surface area contributed by atoms with E-state index in [4.69, 9.17) is 0 Å². The second-order valence-corrected chi connectivity index (χ2v) is 2.70. The standard InChI is InChI=1S/C9H5F3N/c10-9(11,12)8-5-6-3-1-2-4-7(6)13-8/h1-5H. The number of alkyl halides is 3. The fourth-order valence-corrected chi connectivity index (χ4v) is 1.17. The lowest BCUT2D eigenvalue weighted by molar-refractivity contribution is -0.0941. The molecule has 0 aliphatic carbocycles. The van der Waals surface area contributed by atoms with Gasteiger partial charge in [0.15, 0.2) is 0 Å². The first-order valence-corrected chi connectivity index (χ1v) is 3.67. The van der Waals surface area contributed by atoms with Gasteiger partial charge in [0.05, 0.1) is 5.69 Å². The molecule has 1 heterocycles. The Morgan fingerprint density at radius 1 is 1.08 bits per heavy atom. The minimum Gasteiger partial charge on any atom is -0.243 e. The molecule has 1 radical (unpaired) electrons. The molecule has 0 saturated heterocycles. The van der Waals surface area contributed by atoms with Gasteiger partial charge in [0, 0.05) is 5.56 Å². The van der Waals surface area contributed by atoms with Gasteiger partial charge in [-0.1, -0.05) is 18.2 Å². The Balaban J connectivity index is 2.37. The predicted molar refractivity (Wildman–Crippen MR) is 42.3 cm³/mol. The van der Waals surface area contributed by atoms with Gasteiger partial charge in [-0.05, 0) is 12.1 Å². The number of allylic oxidation sites excluding steroid dienone is 1. The minimum atomic E-state index is -4.35. The molecule has 1 aliphatic rings. The summed E-state index contributed by atoms with van der Waals surface area (Å²) >= 11 is 0. The van der Waals surface area contributed by atoms with Crippen molar-refractivity contribution in [2.75, 3.05) is 0 Å². The molecular weight excluding hydrogens is 179 g/mol. The van der Waals surface area contributed by atoms with E-state index in [-0.39, 0.29) is 0 Å². The van der Waals surface area contributed by atoms with E-state index < -0.39 is 11.9 Å². The average Bonchev–Trinajstić information content (AvgIpc) is 2.45. The van der Waals surface area contributed by atoms with Crippen molar-refractivity contribution >= 4 is 11.8 Å². The van der Waals surface area contributed by atoms with Gasteiger partial charge in [-0.25, -0.2) is 5.32 Å². The van der Waals surface area contributed by atoms with Gasteiger partial charge in [0.1, 0.15) is 5.70 Å². The van der Waals surface area contributed by atoms with Gasteiger partial charge in [0.25, 0.3) is 0 Å². The Morgan fingerprint density at radius 3 is 2.38 bits per heavy atom. The van der Waals surface area contributed by atoms with Gasteiger partial charge in [-0.15, -0.1) is 0 Å². The Kier molecular flexibility index (Phi) is 1.58. The molecule has 13 heavy (non-hydrogen) atoms. The smallest absolute Gasteiger partial charge is 0.243 e. The van der Waals surface area contributed by atoms with E-state index in [1.807, 2.05) is 0 Å².